The molecule has 2 saturated heterocycles. The highest BCUT2D eigenvalue weighted by Crippen LogP contribution is 2.39. The van der Waals surface area contributed by atoms with Crippen molar-refractivity contribution in [2.45, 2.75) is 44.6 Å². The summed E-state index contributed by atoms with van der Waals surface area (Å²) in [6.07, 6.45) is 4.72. The average Bonchev–Trinajstić information content (AvgIpc) is 3.17. The largest absolute Gasteiger partial charge is 0.493 e. The van der Waals surface area contributed by atoms with Gasteiger partial charge >= 0.3 is 0 Å². The van der Waals surface area contributed by atoms with Crippen molar-refractivity contribution in [1.82, 2.24) is 19.9 Å². The third-order valence-electron chi connectivity index (χ3n) is 6.96. The Balaban J connectivity index is 1.52. The summed E-state index contributed by atoms with van der Waals surface area (Å²) in [4.78, 5) is 19.2. The number of nitrogens with zero attached hydrogens (tertiary/aromatic N) is 4. The van der Waals surface area contributed by atoms with Gasteiger partial charge in [-0.3, -0.25) is 4.90 Å². The lowest BCUT2D eigenvalue weighted by Crippen LogP contribution is -2.51. The predicted molar refractivity (Wildman–Crippen MR) is 130 cm³/mol. The van der Waals surface area contributed by atoms with E-state index < -0.39 is 0 Å². The van der Waals surface area contributed by atoms with Gasteiger partial charge in [0.05, 0.1) is 55.1 Å². The molecule has 8 nitrogen and oxygen atoms in total. The zero-order valence-corrected chi connectivity index (χ0v) is 19.8. The number of rotatable bonds is 6. The van der Waals surface area contributed by atoms with Gasteiger partial charge in [0, 0.05) is 29.3 Å². The molecule has 5 heterocycles. The van der Waals surface area contributed by atoms with E-state index in [2.05, 4.69) is 33.7 Å². The van der Waals surface area contributed by atoms with Gasteiger partial charge in [0.1, 0.15) is 5.82 Å². The van der Waals surface area contributed by atoms with Crippen LogP contribution < -0.4 is 10.5 Å². The Kier molecular flexibility index (Phi) is 6.22. The van der Waals surface area contributed by atoms with E-state index in [1.54, 1.807) is 19.4 Å². The standard InChI is InChI=1S/C25H31FN6O2/c1-14(2)21-23(16-8-20(33-3)25(28-10-16)29-13-27)30-19-9-18(26)22(31-24(19)21)15-4-6-32(7-5-15)17-11-34-12-17/h8-10,13-15,17,30H,4-7,11-12H2,1-3H3,(H2,27,28,29). The zero-order chi connectivity index (χ0) is 23.8. The number of aliphatic imine (C=N–C) groups is 1. The number of ether oxygens (including phenoxy) is 2. The molecule has 180 valence electrons. The molecule has 3 aromatic rings. The van der Waals surface area contributed by atoms with Gasteiger partial charge in [-0.2, -0.15) is 0 Å². The molecule has 0 spiro atoms. The molecular formula is C25H31FN6O2. The summed E-state index contributed by atoms with van der Waals surface area (Å²) < 4.78 is 26.1. The first-order valence-corrected chi connectivity index (χ1v) is 11.8. The lowest BCUT2D eigenvalue weighted by Gasteiger charge is -2.41. The monoisotopic (exact) mass is 466 g/mol. The van der Waals surface area contributed by atoms with Crippen LogP contribution in [-0.2, 0) is 4.74 Å². The van der Waals surface area contributed by atoms with Crippen molar-refractivity contribution in [3.05, 3.63) is 35.4 Å². The van der Waals surface area contributed by atoms with Crippen LogP contribution in [0.4, 0.5) is 10.2 Å². The second-order valence-electron chi connectivity index (χ2n) is 9.35. The van der Waals surface area contributed by atoms with Gasteiger partial charge in [-0.1, -0.05) is 13.8 Å². The Morgan fingerprint density at radius 2 is 2.06 bits per heavy atom. The number of H-pyrrole nitrogens is 1. The van der Waals surface area contributed by atoms with Crippen LogP contribution in [-0.4, -0.2) is 65.6 Å². The summed E-state index contributed by atoms with van der Waals surface area (Å²) in [7, 11) is 1.57. The minimum Gasteiger partial charge on any atom is -0.493 e. The van der Waals surface area contributed by atoms with Crippen LogP contribution in [0.15, 0.2) is 23.3 Å². The van der Waals surface area contributed by atoms with Crippen LogP contribution in [0, 0.1) is 5.82 Å². The first-order chi connectivity index (χ1) is 16.5. The maximum Gasteiger partial charge on any atom is 0.196 e. The molecule has 34 heavy (non-hydrogen) atoms. The lowest BCUT2D eigenvalue weighted by atomic mass is 9.91. The number of halogens is 1. The molecule has 0 aliphatic carbocycles. The molecule has 0 radical (unpaired) electrons. The molecule has 0 saturated carbocycles. The smallest absolute Gasteiger partial charge is 0.196 e. The van der Waals surface area contributed by atoms with E-state index in [1.165, 1.54) is 6.34 Å². The number of piperidine rings is 1. The summed E-state index contributed by atoms with van der Waals surface area (Å²) in [6.45, 7) is 7.77. The number of aromatic amines is 1. The minimum absolute atomic E-state index is 0.121. The van der Waals surface area contributed by atoms with Crippen LogP contribution in [0.25, 0.3) is 22.3 Å². The highest BCUT2D eigenvalue weighted by molar-refractivity contribution is 5.89. The van der Waals surface area contributed by atoms with Crippen molar-refractivity contribution in [3.8, 4) is 17.0 Å². The second-order valence-corrected chi connectivity index (χ2v) is 9.35. The van der Waals surface area contributed by atoms with E-state index in [9.17, 15) is 0 Å². The zero-order valence-electron chi connectivity index (χ0n) is 19.8. The molecule has 0 atom stereocenters. The number of nitrogens with one attached hydrogen (secondary N) is 1. The Hall–Kier alpha value is -3.04. The van der Waals surface area contributed by atoms with Crippen LogP contribution in [0.1, 0.15) is 49.8 Å². The van der Waals surface area contributed by atoms with Crippen molar-refractivity contribution < 1.29 is 13.9 Å². The normalized spacial score (nSPS) is 18.3. The van der Waals surface area contributed by atoms with Crippen LogP contribution in [0.5, 0.6) is 5.75 Å². The van der Waals surface area contributed by atoms with Gasteiger partial charge in [0.15, 0.2) is 11.6 Å². The maximum absolute atomic E-state index is 15.3. The summed E-state index contributed by atoms with van der Waals surface area (Å²) in [5.41, 5.74) is 10.2. The van der Waals surface area contributed by atoms with E-state index >= 15 is 4.39 Å². The van der Waals surface area contributed by atoms with E-state index in [1.807, 2.05) is 6.07 Å². The fraction of sp³-hybridized carbons (Fsp3) is 0.480. The molecule has 2 fully saturated rings. The molecule has 9 heteroatoms. The van der Waals surface area contributed by atoms with Crippen LogP contribution >= 0.6 is 0 Å². The number of fused-ring (bicyclic) bond motifs is 1. The third kappa shape index (κ3) is 4.03. The number of pyridine rings is 2. The van der Waals surface area contributed by atoms with Crippen molar-refractivity contribution in [3.63, 3.8) is 0 Å². The summed E-state index contributed by atoms with van der Waals surface area (Å²) in [5, 5.41) is 0. The number of hydrogen-bond donors (Lipinski definition) is 2. The molecule has 3 aromatic heterocycles. The third-order valence-corrected chi connectivity index (χ3v) is 6.96. The number of aromatic nitrogens is 3. The molecule has 0 unspecified atom stereocenters. The van der Waals surface area contributed by atoms with E-state index in [0.29, 0.717) is 28.8 Å². The number of hydrogen-bond acceptors (Lipinski definition) is 6. The van der Waals surface area contributed by atoms with Crippen LogP contribution in [0.2, 0.25) is 0 Å². The van der Waals surface area contributed by atoms with Gasteiger partial charge in [0.2, 0.25) is 0 Å². The molecule has 2 aliphatic rings. The van der Waals surface area contributed by atoms with Gasteiger partial charge < -0.3 is 20.2 Å². The van der Waals surface area contributed by atoms with E-state index in [4.69, 9.17) is 20.2 Å². The van der Waals surface area contributed by atoms with E-state index in [-0.39, 0.29) is 17.7 Å². The maximum atomic E-state index is 15.3. The Bertz CT molecular complexity index is 1210. The Morgan fingerprint density at radius 3 is 2.68 bits per heavy atom. The van der Waals surface area contributed by atoms with Crippen molar-refractivity contribution in [2.75, 3.05) is 33.4 Å². The lowest BCUT2D eigenvalue weighted by molar-refractivity contribution is -0.0714. The SMILES string of the molecule is COc1cc(-c2[nH]c3cc(F)c(C4CCN(C5COC5)CC4)nc3c2C(C)C)cnc1N=CN. The molecular weight excluding hydrogens is 435 g/mol. The first kappa shape index (κ1) is 22.7. The quantitative estimate of drug-likeness (QED) is 0.419. The topological polar surface area (TPSA) is 102 Å². The first-order valence-electron chi connectivity index (χ1n) is 11.8. The summed E-state index contributed by atoms with van der Waals surface area (Å²) >= 11 is 0. The molecule has 0 bridgehead atoms. The van der Waals surface area contributed by atoms with Crippen molar-refractivity contribution >= 4 is 23.2 Å². The molecule has 0 aromatic carbocycles. The highest BCUT2D eigenvalue weighted by Gasteiger charge is 2.32. The van der Waals surface area contributed by atoms with Gasteiger partial charge in [0.25, 0.3) is 0 Å². The summed E-state index contributed by atoms with van der Waals surface area (Å²) in [5.74, 6) is 0.959. The molecule has 0 amide bonds. The predicted octanol–water partition coefficient (Wildman–Crippen LogP) is 4.09. The van der Waals surface area contributed by atoms with Crippen molar-refractivity contribution in [2.24, 2.45) is 10.7 Å². The Labute approximate surface area is 198 Å². The summed E-state index contributed by atoms with van der Waals surface area (Å²) in [6, 6.07) is 3.98. The minimum atomic E-state index is -0.246. The number of methoxy groups -OCH3 is 1. The van der Waals surface area contributed by atoms with Crippen molar-refractivity contribution in [1.29, 1.82) is 0 Å². The van der Waals surface area contributed by atoms with Gasteiger partial charge in [-0.05, 0) is 37.9 Å². The molecule has 2 aliphatic heterocycles. The van der Waals surface area contributed by atoms with Gasteiger partial charge in [-0.15, -0.1) is 0 Å². The molecule has 5 rings (SSSR count). The van der Waals surface area contributed by atoms with Crippen LogP contribution in [0.3, 0.4) is 0 Å². The fourth-order valence-corrected chi connectivity index (χ4v) is 5.06. The second kappa shape index (κ2) is 9.31. The Morgan fingerprint density at radius 1 is 1.29 bits per heavy atom. The fourth-order valence-electron chi connectivity index (χ4n) is 5.06. The number of nitrogens with two attached hydrogens (primary N) is 1. The number of likely N-dealkylation sites (tertiary alicyclic amines) is 1. The van der Waals surface area contributed by atoms with E-state index in [0.717, 1.165) is 61.5 Å². The van der Waals surface area contributed by atoms with Gasteiger partial charge in [-0.25, -0.2) is 19.4 Å². The average molecular weight is 467 g/mol. The highest BCUT2D eigenvalue weighted by atomic mass is 19.1. The molecule has 3 N–H and O–H groups in total.